The van der Waals surface area contributed by atoms with Crippen molar-refractivity contribution in [3.63, 3.8) is 0 Å². The van der Waals surface area contributed by atoms with Gasteiger partial charge in [-0.15, -0.1) is 0 Å². The van der Waals surface area contributed by atoms with Crippen LogP contribution in [0, 0.1) is 23.7 Å². The van der Waals surface area contributed by atoms with Crippen molar-refractivity contribution in [2.45, 2.75) is 194 Å². The normalized spacial score (nSPS) is 18.1. The van der Waals surface area contributed by atoms with Crippen LogP contribution in [0.5, 0.6) is 23.0 Å². The molecule has 6 aromatic rings. The van der Waals surface area contributed by atoms with E-state index in [0.29, 0.717) is 57.6 Å². The van der Waals surface area contributed by atoms with Gasteiger partial charge in [-0.2, -0.15) is 0 Å². The van der Waals surface area contributed by atoms with E-state index in [4.69, 9.17) is 37.9 Å². The largest absolute Gasteiger partial charge is 0.497 e. The number of amides is 8. The number of carbonyl (C=O) groups excluding carboxylic acids is 8. The van der Waals surface area contributed by atoms with Crippen molar-refractivity contribution in [2.75, 3.05) is 38.2 Å². The van der Waals surface area contributed by atoms with E-state index in [1.807, 2.05) is 38.1 Å². The Morgan fingerprint density at radius 2 is 0.760 bits per heavy atom. The number of benzene rings is 4. The van der Waals surface area contributed by atoms with E-state index in [9.17, 15) is 38.4 Å². The molecule has 4 heterocycles. The highest BCUT2D eigenvalue weighted by Gasteiger charge is 2.57. The number of esters is 2. The minimum absolute atomic E-state index is 0.0379. The third kappa shape index (κ3) is 21.0. The molecule has 556 valence electrons. The van der Waals surface area contributed by atoms with Crippen molar-refractivity contribution in [1.82, 2.24) is 30.4 Å². The van der Waals surface area contributed by atoms with E-state index in [-0.39, 0.29) is 51.2 Å². The lowest BCUT2D eigenvalue weighted by Gasteiger charge is -2.44. The first-order chi connectivity index (χ1) is 49.7. The number of imide groups is 2. The average molecular weight is 1430 g/mol. The van der Waals surface area contributed by atoms with Crippen molar-refractivity contribution in [3.8, 4) is 23.0 Å². The molecular weight excluding hydrogens is 1330 g/mol. The zero-order valence-corrected chi connectivity index (χ0v) is 61.8. The lowest BCUT2D eigenvalue weighted by molar-refractivity contribution is -0.170. The molecule has 10 rings (SSSR count). The molecule has 2 saturated heterocycles. The molecule has 104 heavy (non-hydrogen) atoms. The van der Waals surface area contributed by atoms with Gasteiger partial charge in [-0.3, -0.25) is 19.4 Å². The molecule has 24 nitrogen and oxygen atoms in total. The lowest BCUT2D eigenvalue weighted by Crippen LogP contribution is -2.69. The number of anilines is 2. The summed E-state index contributed by atoms with van der Waals surface area (Å²) in [5.74, 6) is -0.0957. The number of pyridine rings is 2. The summed E-state index contributed by atoms with van der Waals surface area (Å²) >= 11 is 0. The van der Waals surface area contributed by atoms with Crippen LogP contribution in [-0.4, -0.2) is 132 Å². The molecule has 6 atom stereocenters. The van der Waals surface area contributed by atoms with Crippen LogP contribution in [-0.2, 0) is 77.3 Å². The van der Waals surface area contributed by atoms with Crippen LogP contribution >= 0.6 is 0 Å². The maximum absolute atomic E-state index is 13.7. The number of nitrogens with one attached hydrogen (secondary N) is 2. The van der Waals surface area contributed by atoms with Crippen LogP contribution in [0.15, 0.2) is 134 Å². The molecular formula is C80H100N8O16. The number of ether oxygens (including phenoxy) is 8. The predicted octanol–water partition coefficient (Wildman–Crippen LogP) is 13.7. The monoisotopic (exact) mass is 1430 g/mol. The van der Waals surface area contributed by atoms with Gasteiger partial charge in [0.1, 0.15) is 59.0 Å². The molecule has 4 fully saturated rings. The van der Waals surface area contributed by atoms with Gasteiger partial charge in [-0.05, 0) is 212 Å². The number of β-lactam (4-membered cyclic amide) rings is 2. The third-order valence-corrected chi connectivity index (χ3v) is 19.2. The number of carbonyl (C=O) groups is 8. The first-order valence-electron chi connectivity index (χ1n) is 35.8. The van der Waals surface area contributed by atoms with E-state index in [1.165, 1.54) is 22.6 Å². The maximum Gasteiger partial charge on any atom is 0.416 e. The number of aromatic nitrogens is 2. The summed E-state index contributed by atoms with van der Waals surface area (Å²) in [6.45, 7) is 14.9. The average Bonchev–Trinajstić information content (AvgIpc) is 0.820. The molecule has 4 aliphatic rings. The number of nitrogens with zero attached hydrogens (tertiary/aromatic N) is 6. The number of rotatable bonds is 24. The van der Waals surface area contributed by atoms with Gasteiger partial charge >= 0.3 is 36.2 Å². The lowest BCUT2D eigenvalue weighted by atomic mass is 9.82. The minimum Gasteiger partial charge on any atom is -0.497 e. The Morgan fingerprint density at radius 3 is 1.06 bits per heavy atom. The highest BCUT2D eigenvalue weighted by Crippen LogP contribution is 2.37. The van der Waals surface area contributed by atoms with Crippen molar-refractivity contribution >= 4 is 59.6 Å². The second-order valence-corrected chi connectivity index (χ2v) is 29.0. The first kappa shape index (κ1) is 77.9. The summed E-state index contributed by atoms with van der Waals surface area (Å²) in [6.07, 6.45) is 13.0. The summed E-state index contributed by atoms with van der Waals surface area (Å²) in [7, 11) is 6.30. The number of hydrogen-bond acceptors (Lipinski definition) is 18. The molecule has 8 amide bonds. The van der Waals surface area contributed by atoms with Gasteiger partial charge in [0.15, 0.2) is 12.1 Å². The van der Waals surface area contributed by atoms with Gasteiger partial charge in [0.25, 0.3) is 0 Å². The molecule has 0 bridgehead atoms. The van der Waals surface area contributed by atoms with Gasteiger partial charge in [0.05, 0.1) is 53.4 Å². The van der Waals surface area contributed by atoms with Gasteiger partial charge in [0, 0.05) is 24.5 Å². The van der Waals surface area contributed by atoms with Crippen molar-refractivity contribution < 1.29 is 76.3 Å². The molecule has 24 heteroatoms. The second-order valence-electron chi connectivity index (χ2n) is 29.0. The molecule has 2 aliphatic heterocycles. The topological polar surface area (TPSA) is 273 Å². The zero-order chi connectivity index (χ0) is 74.8. The minimum atomic E-state index is -1.14. The summed E-state index contributed by atoms with van der Waals surface area (Å²) in [5, 5.41) is 5.98. The predicted molar refractivity (Wildman–Crippen MR) is 390 cm³/mol. The van der Waals surface area contributed by atoms with Crippen LogP contribution < -0.4 is 39.4 Å². The summed E-state index contributed by atoms with van der Waals surface area (Å²) < 4.78 is 43.9. The second kappa shape index (κ2) is 35.8. The Kier molecular flexibility index (Phi) is 26.8. The van der Waals surface area contributed by atoms with Crippen LogP contribution in [0.3, 0.4) is 0 Å². The zero-order valence-electron chi connectivity index (χ0n) is 61.8. The Bertz CT molecular complexity index is 3650. The maximum atomic E-state index is 13.7. The molecule has 2 saturated carbocycles. The molecule has 4 aromatic carbocycles. The first-order valence-corrected chi connectivity index (χ1v) is 35.8. The Hall–Kier alpha value is -10.3. The fourth-order valence-corrected chi connectivity index (χ4v) is 13.4. The SMILES string of the molecule is COc1ccc(COC(=O)[C@@H]2[C@@H](Cc3ccnc(N(Cc4ccc(OC)cc4)C(=O)OC(C)(C)C)c3)C(=O)N2C(=O)N[C@H](C)C2CCCCC2)cc1.COc1ccc(COC(=O)[C@@H]2[C@H](Cc3ccnc(N(Cc4ccc(OC)cc4)C(=O)OC(C)(C)C)c3)C(=O)N2C(=O)N[C@H](C)C2CCCCC2)cc1. The van der Waals surface area contributed by atoms with Gasteiger partial charge in [0.2, 0.25) is 11.8 Å². The third-order valence-electron chi connectivity index (χ3n) is 19.2. The molecule has 0 unspecified atom stereocenters. The van der Waals surface area contributed by atoms with Crippen LogP contribution in [0.2, 0.25) is 0 Å². The van der Waals surface area contributed by atoms with Crippen LogP contribution in [0.4, 0.5) is 30.8 Å². The van der Waals surface area contributed by atoms with Crippen LogP contribution in [0.1, 0.15) is 153 Å². The fraction of sp³-hybridized carbons (Fsp3) is 0.475. The standard InChI is InChI=1S/2C40H50N4O8/c2*1-26(30-10-8-7-9-11-30)42-38(47)44-35(37(46)51-25-28-14-18-32(50-6)19-15-28)33(36(44)45)22-29-20-21-41-34(23-29)43(39(48)52-40(2,3)4)24-27-12-16-31(49-5)17-13-27/h2*12-21,23,26,30,33,35H,7-11,22,24-25H2,1-6H3,(H,42,47)/t26-,33+,35+;26-,33-,35+/m11/s1. The fourth-order valence-electron chi connectivity index (χ4n) is 13.4. The molecule has 2 aliphatic carbocycles. The van der Waals surface area contributed by atoms with Crippen LogP contribution in [0.25, 0.3) is 0 Å². The molecule has 2 N–H and O–H groups in total. The van der Waals surface area contributed by atoms with E-state index in [2.05, 4.69) is 20.6 Å². The van der Waals surface area contributed by atoms with Gasteiger partial charge in [-0.1, -0.05) is 87.1 Å². The van der Waals surface area contributed by atoms with E-state index in [0.717, 1.165) is 83.4 Å². The summed E-state index contributed by atoms with van der Waals surface area (Å²) in [4.78, 5) is 123. The summed E-state index contributed by atoms with van der Waals surface area (Å²) in [5.41, 5.74) is 2.87. The molecule has 0 spiro atoms. The van der Waals surface area contributed by atoms with Crippen molar-refractivity contribution in [2.24, 2.45) is 23.7 Å². The Morgan fingerprint density at radius 1 is 0.452 bits per heavy atom. The highest BCUT2D eigenvalue weighted by molar-refractivity contribution is 6.09. The smallest absolute Gasteiger partial charge is 0.416 e. The number of likely N-dealkylation sites (tertiary alicyclic amines) is 2. The van der Waals surface area contributed by atoms with Crippen molar-refractivity contribution in [3.05, 3.63) is 167 Å². The van der Waals surface area contributed by atoms with E-state index >= 15 is 0 Å². The number of urea groups is 2. The summed E-state index contributed by atoms with van der Waals surface area (Å²) in [6, 6.07) is 31.9. The van der Waals surface area contributed by atoms with Gasteiger partial charge in [-0.25, -0.2) is 48.5 Å². The van der Waals surface area contributed by atoms with Gasteiger partial charge < -0.3 is 48.5 Å². The highest BCUT2D eigenvalue weighted by atomic mass is 16.6. The Labute approximate surface area is 609 Å². The Balaban J connectivity index is 0.000000241. The molecule has 0 radical (unpaired) electrons. The molecule has 2 aromatic heterocycles. The quantitative estimate of drug-likeness (QED) is 0.0324. The van der Waals surface area contributed by atoms with E-state index < -0.39 is 83.1 Å². The number of methoxy groups -OCH3 is 4. The van der Waals surface area contributed by atoms with Crippen molar-refractivity contribution in [1.29, 1.82) is 0 Å². The number of hydrogen-bond donors (Lipinski definition) is 2. The van der Waals surface area contributed by atoms with E-state index in [1.54, 1.807) is 179 Å².